The summed E-state index contributed by atoms with van der Waals surface area (Å²) in [6.07, 6.45) is 3.51. The molecule has 0 aliphatic rings. The first-order valence-electron chi connectivity index (χ1n) is 5.80. The average molecular weight is 234 g/mol. The molecular weight excluding hydrogens is 216 g/mol. The van der Waals surface area contributed by atoms with Crippen LogP contribution in [0.4, 0.5) is 0 Å². The first-order chi connectivity index (χ1) is 8.18. The molecule has 2 aromatic heterocycles. The Hall–Kier alpha value is -1.62. The van der Waals surface area contributed by atoms with Crippen molar-refractivity contribution in [3.8, 4) is 5.88 Å². The first kappa shape index (κ1) is 11.9. The van der Waals surface area contributed by atoms with Crippen molar-refractivity contribution < 1.29 is 4.74 Å². The number of ether oxygens (including phenoxy) is 1. The van der Waals surface area contributed by atoms with E-state index in [1.165, 1.54) is 0 Å². The average Bonchev–Trinajstić information content (AvgIpc) is 2.67. The van der Waals surface area contributed by atoms with Crippen LogP contribution in [0.1, 0.15) is 13.8 Å². The number of rotatable bonds is 5. The Morgan fingerprint density at radius 2 is 2.24 bits per heavy atom. The molecular formula is C12H18N4O. The van der Waals surface area contributed by atoms with Gasteiger partial charge in [0.05, 0.1) is 11.8 Å². The van der Waals surface area contributed by atoms with Gasteiger partial charge in [-0.1, -0.05) is 13.8 Å². The molecule has 17 heavy (non-hydrogen) atoms. The zero-order valence-electron chi connectivity index (χ0n) is 10.5. The largest absolute Gasteiger partial charge is 0.475 e. The number of pyridine rings is 1. The zero-order valence-corrected chi connectivity index (χ0v) is 10.5. The van der Waals surface area contributed by atoms with E-state index in [4.69, 9.17) is 4.74 Å². The summed E-state index contributed by atoms with van der Waals surface area (Å²) < 4.78 is 7.59. The van der Waals surface area contributed by atoms with Crippen molar-refractivity contribution in [3.05, 3.63) is 18.6 Å². The van der Waals surface area contributed by atoms with Gasteiger partial charge in [-0.2, -0.15) is 0 Å². The van der Waals surface area contributed by atoms with Crippen LogP contribution in [0.2, 0.25) is 0 Å². The number of nitrogens with one attached hydrogen (secondary N) is 1. The van der Waals surface area contributed by atoms with Crippen LogP contribution in [-0.2, 0) is 7.05 Å². The Morgan fingerprint density at radius 1 is 1.41 bits per heavy atom. The topological polar surface area (TPSA) is 52.0 Å². The minimum atomic E-state index is 0.470. The van der Waals surface area contributed by atoms with Gasteiger partial charge in [0.25, 0.3) is 0 Å². The van der Waals surface area contributed by atoms with Gasteiger partial charge in [0.2, 0.25) is 5.88 Å². The number of imidazole rings is 1. The summed E-state index contributed by atoms with van der Waals surface area (Å²) in [5.74, 6) is 0.605. The van der Waals surface area contributed by atoms with Gasteiger partial charge in [-0.05, 0) is 6.07 Å². The van der Waals surface area contributed by atoms with E-state index >= 15 is 0 Å². The molecule has 0 saturated heterocycles. The van der Waals surface area contributed by atoms with Crippen LogP contribution in [-0.4, -0.2) is 33.7 Å². The number of aromatic nitrogens is 3. The summed E-state index contributed by atoms with van der Waals surface area (Å²) in [5, 5.41) is 3.29. The molecule has 0 aromatic carbocycles. The summed E-state index contributed by atoms with van der Waals surface area (Å²) in [4.78, 5) is 8.50. The number of fused-ring (bicyclic) bond motifs is 1. The van der Waals surface area contributed by atoms with Gasteiger partial charge < -0.3 is 14.6 Å². The molecule has 5 heteroatoms. The molecule has 2 rings (SSSR count). The van der Waals surface area contributed by atoms with Gasteiger partial charge >= 0.3 is 0 Å². The van der Waals surface area contributed by atoms with E-state index in [1.54, 1.807) is 12.5 Å². The van der Waals surface area contributed by atoms with Crippen LogP contribution >= 0.6 is 0 Å². The molecule has 2 heterocycles. The standard InChI is InChI=1S/C12H18N4O/c1-9(2)13-6-7-17-12-11-10(4-5-14-12)16(3)8-15-11/h4-5,8-9,13H,6-7H2,1-3H3. The molecule has 0 fully saturated rings. The fraction of sp³-hybridized carbons (Fsp3) is 0.500. The van der Waals surface area contributed by atoms with Gasteiger partial charge in [0, 0.05) is 25.8 Å². The van der Waals surface area contributed by atoms with E-state index in [0.717, 1.165) is 17.6 Å². The number of hydrogen-bond acceptors (Lipinski definition) is 4. The quantitative estimate of drug-likeness (QED) is 0.793. The minimum Gasteiger partial charge on any atom is -0.475 e. The third-order valence-corrected chi connectivity index (χ3v) is 2.50. The Balaban J connectivity index is 2.03. The molecule has 92 valence electrons. The lowest BCUT2D eigenvalue weighted by molar-refractivity contribution is 0.301. The Bertz CT molecular complexity index is 492. The molecule has 0 unspecified atom stereocenters. The first-order valence-corrected chi connectivity index (χ1v) is 5.80. The van der Waals surface area contributed by atoms with Crippen LogP contribution in [0.25, 0.3) is 11.0 Å². The van der Waals surface area contributed by atoms with Gasteiger partial charge in [0.15, 0.2) is 5.52 Å². The summed E-state index contributed by atoms with van der Waals surface area (Å²) in [6, 6.07) is 2.40. The highest BCUT2D eigenvalue weighted by Crippen LogP contribution is 2.20. The molecule has 0 aliphatic heterocycles. The van der Waals surface area contributed by atoms with Gasteiger partial charge in [-0.25, -0.2) is 9.97 Å². The van der Waals surface area contributed by atoms with Crippen molar-refractivity contribution in [1.29, 1.82) is 0 Å². The lowest BCUT2D eigenvalue weighted by Crippen LogP contribution is -2.27. The van der Waals surface area contributed by atoms with Crippen LogP contribution in [0.3, 0.4) is 0 Å². The van der Waals surface area contributed by atoms with Gasteiger partial charge in [-0.15, -0.1) is 0 Å². The minimum absolute atomic E-state index is 0.470. The fourth-order valence-corrected chi connectivity index (χ4v) is 1.64. The fourth-order valence-electron chi connectivity index (χ4n) is 1.64. The molecule has 0 atom stereocenters. The molecule has 0 radical (unpaired) electrons. The van der Waals surface area contributed by atoms with Crippen molar-refractivity contribution in [3.63, 3.8) is 0 Å². The van der Waals surface area contributed by atoms with Crippen molar-refractivity contribution in [2.75, 3.05) is 13.2 Å². The normalized spacial score (nSPS) is 11.3. The smallest absolute Gasteiger partial charge is 0.242 e. The lowest BCUT2D eigenvalue weighted by atomic mass is 10.4. The highest BCUT2D eigenvalue weighted by Gasteiger charge is 2.07. The van der Waals surface area contributed by atoms with E-state index < -0.39 is 0 Å². The van der Waals surface area contributed by atoms with Crippen LogP contribution in [0.5, 0.6) is 5.88 Å². The number of nitrogens with zero attached hydrogens (tertiary/aromatic N) is 3. The molecule has 0 saturated carbocycles. The maximum atomic E-state index is 5.63. The van der Waals surface area contributed by atoms with Gasteiger partial charge in [0.1, 0.15) is 6.61 Å². The number of aryl methyl sites for hydroxylation is 1. The second-order valence-electron chi connectivity index (χ2n) is 4.30. The zero-order chi connectivity index (χ0) is 12.3. The van der Waals surface area contributed by atoms with Crippen molar-refractivity contribution in [1.82, 2.24) is 19.9 Å². The summed E-state index contributed by atoms with van der Waals surface area (Å²) >= 11 is 0. The summed E-state index contributed by atoms with van der Waals surface area (Å²) in [6.45, 7) is 5.62. The Kier molecular flexibility index (Phi) is 3.58. The third-order valence-electron chi connectivity index (χ3n) is 2.50. The Labute approximate surface area is 101 Å². The maximum absolute atomic E-state index is 5.63. The highest BCUT2D eigenvalue weighted by molar-refractivity contribution is 5.79. The molecule has 5 nitrogen and oxygen atoms in total. The second kappa shape index (κ2) is 5.14. The predicted octanol–water partition coefficient (Wildman–Crippen LogP) is 1.35. The SMILES string of the molecule is CC(C)NCCOc1nccc2c1ncn2C. The number of hydrogen-bond donors (Lipinski definition) is 1. The van der Waals surface area contributed by atoms with E-state index in [-0.39, 0.29) is 0 Å². The molecule has 0 spiro atoms. The van der Waals surface area contributed by atoms with Crippen LogP contribution in [0.15, 0.2) is 18.6 Å². The van der Waals surface area contributed by atoms with E-state index in [1.807, 2.05) is 17.7 Å². The predicted molar refractivity (Wildman–Crippen MR) is 67.1 cm³/mol. The van der Waals surface area contributed by atoms with E-state index in [0.29, 0.717) is 18.5 Å². The van der Waals surface area contributed by atoms with Gasteiger partial charge in [-0.3, -0.25) is 0 Å². The second-order valence-corrected chi connectivity index (χ2v) is 4.30. The van der Waals surface area contributed by atoms with E-state index in [9.17, 15) is 0 Å². The van der Waals surface area contributed by atoms with Crippen LogP contribution < -0.4 is 10.1 Å². The molecule has 0 bridgehead atoms. The molecule has 1 N–H and O–H groups in total. The molecule has 2 aromatic rings. The Morgan fingerprint density at radius 3 is 3.00 bits per heavy atom. The third kappa shape index (κ3) is 2.74. The van der Waals surface area contributed by atoms with E-state index in [2.05, 4.69) is 29.1 Å². The summed E-state index contributed by atoms with van der Waals surface area (Å²) in [7, 11) is 1.96. The molecule has 0 amide bonds. The van der Waals surface area contributed by atoms with Crippen molar-refractivity contribution >= 4 is 11.0 Å². The molecule has 0 aliphatic carbocycles. The lowest BCUT2D eigenvalue weighted by Gasteiger charge is -2.09. The van der Waals surface area contributed by atoms with Crippen molar-refractivity contribution in [2.45, 2.75) is 19.9 Å². The highest BCUT2D eigenvalue weighted by atomic mass is 16.5. The van der Waals surface area contributed by atoms with Crippen molar-refractivity contribution in [2.24, 2.45) is 7.05 Å². The maximum Gasteiger partial charge on any atom is 0.242 e. The summed E-state index contributed by atoms with van der Waals surface area (Å²) in [5.41, 5.74) is 1.85. The van der Waals surface area contributed by atoms with Crippen LogP contribution in [0, 0.1) is 0 Å². The monoisotopic (exact) mass is 234 g/mol.